The number of hydrogen-bond acceptors (Lipinski definition) is 4. The summed E-state index contributed by atoms with van der Waals surface area (Å²) in [6.45, 7) is 4.49. The smallest absolute Gasteiger partial charge is 0.289 e. The predicted molar refractivity (Wildman–Crippen MR) is 77.1 cm³/mol. The van der Waals surface area contributed by atoms with Gasteiger partial charge >= 0.3 is 0 Å². The number of hydrogen-bond donors (Lipinski definition) is 1. The Labute approximate surface area is 121 Å². The largest absolute Gasteiger partial charge is 0.311 e. The van der Waals surface area contributed by atoms with Gasteiger partial charge < -0.3 is 10.2 Å². The molecule has 1 amide bonds. The van der Waals surface area contributed by atoms with Crippen molar-refractivity contribution in [3.05, 3.63) is 33.3 Å². The zero-order valence-corrected chi connectivity index (χ0v) is 12.1. The number of nitrogens with one attached hydrogen (secondary N) is 1. The molecule has 1 heterocycles. The summed E-state index contributed by atoms with van der Waals surface area (Å²) in [5, 5.41) is 14.1. The summed E-state index contributed by atoms with van der Waals surface area (Å²) in [6.07, 6.45) is 0.688. The molecule has 1 N–H and O–H groups in total. The monoisotopic (exact) mass is 297 g/mol. The van der Waals surface area contributed by atoms with Crippen molar-refractivity contribution < 1.29 is 9.72 Å². The first kappa shape index (κ1) is 14.7. The first-order valence-electron chi connectivity index (χ1n) is 6.41. The number of halogens is 1. The Morgan fingerprint density at radius 1 is 1.50 bits per heavy atom. The van der Waals surface area contributed by atoms with Crippen LogP contribution in [0.15, 0.2) is 18.2 Å². The maximum Gasteiger partial charge on any atom is 0.289 e. The van der Waals surface area contributed by atoms with Crippen LogP contribution in [-0.4, -0.2) is 29.5 Å². The third-order valence-electron chi connectivity index (χ3n) is 3.18. The van der Waals surface area contributed by atoms with Crippen molar-refractivity contribution in [2.24, 2.45) is 0 Å². The average molecular weight is 298 g/mol. The Kier molecular flexibility index (Phi) is 4.25. The van der Waals surface area contributed by atoms with Crippen molar-refractivity contribution in [1.29, 1.82) is 0 Å². The summed E-state index contributed by atoms with van der Waals surface area (Å²) in [7, 11) is 0. The molecule has 7 heteroatoms. The molecule has 1 aromatic carbocycles. The Morgan fingerprint density at radius 3 is 2.80 bits per heavy atom. The number of benzene rings is 1. The van der Waals surface area contributed by atoms with Crippen molar-refractivity contribution in [3.63, 3.8) is 0 Å². The summed E-state index contributed by atoms with van der Waals surface area (Å²) < 4.78 is 0. The minimum atomic E-state index is -0.545. The van der Waals surface area contributed by atoms with Crippen LogP contribution in [-0.2, 0) is 4.79 Å². The van der Waals surface area contributed by atoms with Crippen LogP contribution in [0.5, 0.6) is 0 Å². The van der Waals surface area contributed by atoms with E-state index in [2.05, 4.69) is 5.32 Å². The highest BCUT2D eigenvalue weighted by Crippen LogP contribution is 2.31. The normalized spacial score (nSPS) is 18.9. The first-order chi connectivity index (χ1) is 9.40. The van der Waals surface area contributed by atoms with E-state index in [0.29, 0.717) is 18.7 Å². The van der Waals surface area contributed by atoms with E-state index in [9.17, 15) is 14.9 Å². The fraction of sp³-hybridized carbons (Fsp3) is 0.462. The number of nitro groups is 1. The fourth-order valence-corrected chi connectivity index (χ4v) is 2.49. The van der Waals surface area contributed by atoms with Gasteiger partial charge in [-0.2, -0.15) is 0 Å². The number of anilines is 1. The second-order valence-corrected chi connectivity index (χ2v) is 5.45. The van der Waals surface area contributed by atoms with E-state index in [1.807, 2.05) is 13.8 Å². The maximum absolute atomic E-state index is 12.3. The van der Waals surface area contributed by atoms with Crippen LogP contribution in [0.25, 0.3) is 0 Å². The van der Waals surface area contributed by atoms with Gasteiger partial charge in [-0.25, -0.2) is 0 Å². The SMILES string of the molecule is CC(C)NC1CCN(c2ccc(Cl)c([N+](=O)[O-])c2)C1=O. The molecular weight excluding hydrogens is 282 g/mol. The Morgan fingerprint density at radius 2 is 2.20 bits per heavy atom. The van der Waals surface area contributed by atoms with Crippen LogP contribution in [0.3, 0.4) is 0 Å². The number of nitrogens with zero attached hydrogens (tertiary/aromatic N) is 2. The Balaban J connectivity index is 2.23. The summed E-state index contributed by atoms with van der Waals surface area (Å²) in [5.74, 6) is -0.0599. The standard InChI is InChI=1S/C13H16ClN3O3/c1-8(2)15-11-5-6-16(13(11)18)9-3-4-10(14)12(7-9)17(19)20/h3-4,7-8,11,15H,5-6H2,1-2H3. The lowest BCUT2D eigenvalue weighted by Gasteiger charge is -2.18. The van der Waals surface area contributed by atoms with E-state index >= 15 is 0 Å². The van der Waals surface area contributed by atoms with Crippen LogP contribution in [0.1, 0.15) is 20.3 Å². The third kappa shape index (κ3) is 2.91. The van der Waals surface area contributed by atoms with Gasteiger partial charge in [-0.05, 0) is 18.6 Å². The van der Waals surface area contributed by atoms with Gasteiger partial charge in [0.1, 0.15) is 5.02 Å². The van der Waals surface area contributed by atoms with Crippen LogP contribution in [0, 0.1) is 10.1 Å². The maximum atomic E-state index is 12.3. The van der Waals surface area contributed by atoms with E-state index < -0.39 is 4.92 Å². The fourth-order valence-electron chi connectivity index (χ4n) is 2.30. The van der Waals surface area contributed by atoms with Gasteiger partial charge in [-0.15, -0.1) is 0 Å². The van der Waals surface area contributed by atoms with Crippen molar-refractivity contribution in [2.75, 3.05) is 11.4 Å². The predicted octanol–water partition coefficient (Wildman–Crippen LogP) is 2.35. The molecule has 6 nitrogen and oxygen atoms in total. The van der Waals surface area contributed by atoms with E-state index in [-0.39, 0.29) is 28.7 Å². The molecule has 0 aliphatic carbocycles. The molecule has 0 bridgehead atoms. The Hall–Kier alpha value is -1.66. The lowest BCUT2D eigenvalue weighted by Crippen LogP contribution is -2.41. The van der Waals surface area contributed by atoms with Gasteiger partial charge in [0.05, 0.1) is 16.7 Å². The molecule has 1 fully saturated rings. The Bertz CT molecular complexity index is 548. The van der Waals surface area contributed by atoms with Crippen LogP contribution < -0.4 is 10.2 Å². The molecule has 20 heavy (non-hydrogen) atoms. The third-order valence-corrected chi connectivity index (χ3v) is 3.50. The second-order valence-electron chi connectivity index (χ2n) is 5.05. The molecule has 1 saturated heterocycles. The van der Waals surface area contributed by atoms with Gasteiger partial charge in [0, 0.05) is 18.7 Å². The van der Waals surface area contributed by atoms with E-state index in [1.54, 1.807) is 11.0 Å². The van der Waals surface area contributed by atoms with Crippen molar-refractivity contribution in [3.8, 4) is 0 Å². The summed E-state index contributed by atoms with van der Waals surface area (Å²) >= 11 is 5.77. The number of carbonyl (C=O) groups is 1. The van der Waals surface area contributed by atoms with E-state index in [0.717, 1.165) is 0 Å². The van der Waals surface area contributed by atoms with Gasteiger partial charge in [-0.3, -0.25) is 14.9 Å². The molecule has 1 atom stereocenters. The highest BCUT2D eigenvalue weighted by Gasteiger charge is 2.33. The van der Waals surface area contributed by atoms with Gasteiger partial charge in [-0.1, -0.05) is 25.4 Å². The number of nitro benzene ring substituents is 1. The zero-order chi connectivity index (χ0) is 14.9. The topological polar surface area (TPSA) is 75.5 Å². The van der Waals surface area contributed by atoms with Gasteiger partial charge in [0.25, 0.3) is 5.69 Å². The second kappa shape index (κ2) is 5.76. The van der Waals surface area contributed by atoms with Gasteiger partial charge in [0.2, 0.25) is 5.91 Å². The molecule has 1 unspecified atom stereocenters. The summed E-state index contributed by atoms with van der Waals surface area (Å²) in [6, 6.07) is 4.40. The molecule has 0 saturated carbocycles. The minimum Gasteiger partial charge on any atom is -0.311 e. The summed E-state index contributed by atoms with van der Waals surface area (Å²) in [4.78, 5) is 24.2. The van der Waals surface area contributed by atoms with Crippen molar-refractivity contribution in [1.82, 2.24) is 5.32 Å². The molecule has 0 spiro atoms. The molecule has 0 aromatic heterocycles. The first-order valence-corrected chi connectivity index (χ1v) is 6.79. The molecule has 108 valence electrons. The highest BCUT2D eigenvalue weighted by atomic mass is 35.5. The lowest BCUT2D eigenvalue weighted by molar-refractivity contribution is -0.384. The number of carbonyl (C=O) groups excluding carboxylic acids is 1. The molecule has 1 aromatic rings. The molecule has 1 aliphatic rings. The van der Waals surface area contributed by atoms with Crippen molar-refractivity contribution >= 4 is 28.9 Å². The highest BCUT2D eigenvalue weighted by molar-refractivity contribution is 6.32. The van der Waals surface area contributed by atoms with Crippen LogP contribution in [0.2, 0.25) is 5.02 Å². The van der Waals surface area contributed by atoms with Crippen LogP contribution in [0.4, 0.5) is 11.4 Å². The minimum absolute atomic E-state index is 0.0599. The molecule has 0 radical (unpaired) electrons. The van der Waals surface area contributed by atoms with E-state index in [1.165, 1.54) is 12.1 Å². The average Bonchev–Trinajstić information content (AvgIpc) is 2.71. The summed E-state index contributed by atoms with van der Waals surface area (Å²) in [5.41, 5.74) is 0.330. The number of rotatable bonds is 4. The number of amides is 1. The molecule has 1 aliphatic heterocycles. The quantitative estimate of drug-likeness (QED) is 0.684. The van der Waals surface area contributed by atoms with Crippen LogP contribution >= 0.6 is 11.6 Å². The lowest BCUT2D eigenvalue weighted by atomic mass is 10.2. The van der Waals surface area contributed by atoms with Crippen molar-refractivity contribution in [2.45, 2.75) is 32.4 Å². The molecular formula is C13H16ClN3O3. The van der Waals surface area contributed by atoms with Gasteiger partial charge in [0.15, 0.2) is 0 Å². The zero-order valence-electron chi connectivity index (χ0n) is 11.3. The molecule has 2 rings (SSSR count). The van der Waals surface area contributed by atoms with E-state index in [4.69, 9.17) is 11.6 Å².